The number of fused-ring (bicyclic) bond motifs is 1. The number of aromatic nitrogens is 1. The number of nitrogens with one attached hydrogen (secondary N) is 1. The fraction of sp³-hybridized carbons (Fsp3) is 0.400. The van der Waals surface area contributed by atoms with Gasteiger partial charge in [-0.25, -0.2) is 0 Å². The molecule has 1 N–H and O–H groups in total. The summed E-state index contributed by atoms with van der Waals surface area (Å²) in [7, 11) is 1.65. The number of likely N-dealkylation sites (tertiary alicyclic amines) is 1. The van der Waals surface area contributed by atoms with E-state index in [9.17, 15) is 4.79 Å². The van der Waals surface area contributed by atoms with E-state index in [0.29, 0.717) is 12.0 Å². The van der Waals surface area contributed by atoms with Crippen molar-refractivity contribution in [2.45, 2.75) is 32.6 Å². The number of nitrogens with zero attached hydrogens (tertiary/aromatic N) is 1. The van der Waals surface area contributed by atoms with Crippen molar-refractivity contribution in [3.05, 3.63) is 58.4 Å². The molecule has 0 bridgehead atoms. The molecule has 30 heavy (non-hydrogen) atoms. The topological polar surface area (TPSA) is 54.6 Å². The summed E-state index contributed by atoms with van der Waals surface area (Å²) in [6.07, 6.45) is 4.91. The average Bonchev–Trinajstić information content (AvgIpc) is 2.79. The molecular formula is C25H30N2O3. The first-order valence-electron chi connectivity index (χ1n) is 10.8. The van der Waals surface area contributed by atoms with Crippen molar-refractivity contribution in [3.8, 4) is 22.8 Å². The van der Waals surface area contributed by atoms with Crippen LogP contribution in [-0.2, 0) is 0 Å². The van der Waals surface area contributed by atoms with Crippen LogP contribution < -0.4 is 15.0 Å². The highest BCUT2D eigenvalue weighted by Crippen LogP contribution is 2.36. The van der Waals surface area contributed by atoms with Crippen molar-refractivity contribution in [3.63, 3.8) is 0 Å². The monoisotopic (exact) mass is 406 g/mol. The summed E-state index contributed by atoms with van der Waals surface area (Å²) in [5.41, 5.74) is 2.58. The molecule has 1 aliphatic heterocycles. The van der Waals surface area contributed by atoms with Crippen LogP contribution in [0, 0.1) is 6.92 Å². The third kappa shape index (κ3) is 4.36. The van der Waals surface area contributed by atoms with Crippen LogP contribution in [0.2, 0.25) is 0 Å². The lowest BCUT2D eigenvalue weighted by atomic mass is 10.0. The number of hydrogen-bond donors (Lipinski definition) is 1. The number of aromatic amines is 1. The molecule has 158 valence electrons. The molecule has 5 nitrogen and oxygen atoms in total. The van der Waals surface area contributed by atoms with Crippen molar-refractivity contribution >= 4 is 10.8 Å². The Morgan fingerprint density at radius 2 is 1.80 bits per heavy atom. The van der Waals surface area contributed by atoms with Gasteiger partial charge in [0.05, 0.1) is 24.8 Å². The predicted molar refractivity (Wildman–Crippen MR) is 122 cm³/mol. The Hall–Kier alpha value is -2.79. The van der Waals surface area contributed by atoms with Crippen LogP contribution in [-0.4, -0.2) is 43.2 Å². The number of methoxy groups -OCH3 is 1. The summed E-state index contributed by atoms with van der Waals surface area (Å²) in [5.74, 6) is 1.54. The van der Waals surface area contributed by atoms with E-state index in [1.807, 2.05) is 49.4 Å². The van der Waals surface area contributed by atoms with Gasteiger partial charge in [0.1, 0.15) is 5.75 Å². The van der Waals surface area contributed by atoms with Gasteiger partial charge in [-0.15, -0.1) is 0 Å². The Morgan fingerprint density at radius 1 is 1.03 bits per heavy atom. The van der Waals surface area contributed by atoms with Crippen molar-refractivity contribution in [2.75, 3.05) is 33.4 Å². The zero-order valence-electron chi connectivity index (χ0n) is 17.9. The number of ether oxygens (including phenoxy) is 2. The number of pyridine rings is 1. The van der Waals surface area contributed by atoms with E-state index >= 15 is 0 Å². The minimum Gasteiger partial charge on any atom is -0.497 e. The second-order valence-corrected chi connectivity index (χ2v) is 7.99. The lowest BCUT2D eigenvalue weighted by molar-refractivity contribution is 0.205. The second kappa shape index (κ2) is 9.35. The fourth-order valence-corrected chi connectivity index (χ4v) is 4.27. The highest BCUT2D eigenvalue weighted by molar-refractivity contribution is 5.95. The number of hydrogen-bond acceptors (Lipinski definition) is 4. The lowest BCUT2D eigenvalue weighted by Crippen LogP contribution is -2.31. The van der Waals surface area contributed by atoms with Gasteiger partial charge < -0.3 is 19.4 Å². The van der Waals surface area contributed by atoms with Crippen LogP contribution in [0.25, 0.3) is 22.0 Å². The highest BCUT2D eigenvalue weighted by Gasteiger charge is 2.17. The molecule has 0 unspecified atom stereocenters. The summed E-state index contributed by atoms with van der Waals surface area (Å²) < 4.78 is 11.6. The highest BCUT2D eigenvalue weighted by atomic mass is 16.5. The average molecular weight is 407 g/mol. The number of H-pyrrole nitrogens is 1. The van der Waals surface area contributed by atoms with E-state index in [-0.39, 0.29) is 5.56 Å². The van der Waals surface area contributed by atoms with Gasteiger partial charge in [0.2, 0.25) is 0 Å². The molecule has 2 heterocycles. The molecule has 0 saturated carbocycles. The summed E-state index contributed by atoms with van der Waals surface area (Å²) in [4.78, 5) is 18.4. The molecule has 0 radical (unpaired) electrons. The Kier molecular flexibility index (Phi) is 6.38. The first-order valence-corrected chi connectivity index (χ1v) is 10.8. The van der Waals surface area contributed by atoms with Crippen LogP contribution in [0.3, 0.4) is 0 Å². The molecule has 0 atom stereocenters. The van der Waals surface area contributed by atoms with Crippen molar-refractivity contribution < 1.29 is 9.47 Å². The second-order valence-electron chi connectivity index (χ2n) is 7.99. The maximum Gasteiger partial charge on any atom is 0.256 e. The van der Waals surface area contributed by atoms with E-state index in [0.717, 1.165) is 46.7 Å². The molecule has 2 aromatic carbocycles. The fourth-order valence-electron chi connectivity index (χ4n) is 4.27. The normalized spacial score (nSPS) is 14.7. The lowest BCUT2D eigenvalue weighted by Gasteiger charge is -2.26. The molecular weight excluding hydrogens is 376 g/mol. The Balaban J connectivity index is 1.65. The molecule has 1 aliphatic rings. The maximum atomic E-state index is 12.8. The van der Waals surface area contributed by atoms with Crippen molar-refractivity contribution in [1.82, 2.24) is 9.88 Å². The first-order chi connectivity index (χ1) is 14.7. The number of benzene rings is 2. The minimum absolute atomic E-state index is 0.0971. The third-order valence-corrected chi connectivity index (χ3v) is 5.90. The summed E-state index contributed by atoms with van der Waals surface area (Å²) >= 11 is 0. The van der Waals surface area contributed by atoms with E-state index in [1.54, 1.807) is 7.11 Å². The van der Waals surface area contributed by atoms with E-state index in [2.05, 4.69) is 9.88 Å². The molecule has 3 aromatic rings. The van der Waals surface area contributed by atoms with Crippen molar-refractivity contribution in [2.24, 2.45) is 0 Å². The Morgan fingerprint density at radius 3 is 2.53 bits per heavy atom. The standard InChI is InChI=1S/C25H30N2O3/c1-18-8-6-9-21-22(18)24(30-17-7-16-27-14-4-3-5-15-27)23(26-25(21)28)19-10-12-20(29-2)13-11-19/h6,8-13H,3-5,7,14-17H2,1-2H3,(H,26,28). The SMILES string of the molecule is COc1ccc(-c2[nH]c(=O)c3cccc(C)c3c2OCCCN2CCCCC2)cc1. The van der Waals surface area contributed by atoms with Crippen LogP contribution >= 0.6 is 0 Å². The maximum absolute atomic E-state index is 12.8. The van der Waals surface area contributed by atoms with Gasteiger partial charge in [0, 0.05) is 17.5 Å². The molecule has 0 amide bonds. The largest absolute Gasteiger partial charge is 0.497 e. The quantitative estimate of drug-likeness (QED) is 0.575. The van der Waals surface area contributed by atoms with Crippen LogP contribution in [0.4, 0.5) is 0 Å². The summed E-state index contributed by atoms with van der Waals surface area (Å²) in [6.45, 7) is 6.09. The van der Waals surface area contributed by atoms with Gasteiger partial charge in [-0.3, -0.25) is 4.79 Å². The van der Waals surface area contributed by atoms with E-state index < -0.39 is 0 Å². The molecule has 5 heteroatoms. The summed E-state index contributed by atoms with van der Waals surface area (Å²) in [6, 6.07) is 13.5. The third-order valence-electron chi connectivity index (χ3n) is 5.90. The van der Waals surface area contributed by atoms with Crippen LogP contribution in [0.15, 0.2) is 47.3 Å². The van der Waals surface area contributed by atoms with E-state index in [4.69, 9.17) is 9.47 Å². The van der Waals surface area contributed by atoms with Crippen molar-refractivity contribution in [1.29, 1.82) is 0 Å². The zero-order valence-corrected chi connectivity index (χ0v) is 17.9. The van der Waals surface area contributed by atoms with Gasteiger partial charge in [-0.1, -0.05) is 18.6 Å². The Bertz CT molecular complexity index is 1050. The van der Waals surface area contributed by atoms with Gasteiger partial charge in [-0.2, -0.15) is 0 Å². The predicted octanol–water partition coefficient (Wildman–Crippen LogP) is 4.77. The van der Waals surface area contributed by atoms with E-state index in [1.165, 1.54) is 32.4 Å². The molecule has 0 aliphatic carbocycles. The minimum atomic E-state index is -0.0971. The number of aryl methyl sites for hydroxylation is 1. The number of rotatable bonds is 7. The molecule has 1 aromatic heterocycles. The van der Waals surface area contributed by atoms with Crippen LogP contribution in [0.5, 0.6) is 11.5 Å². The molecule has 1 saturated heterocycles. The van der Waals surface area contributed by atoms with Gasteiger partial charge in [-0.05, 0) is 75.2 Å². The zero-order chi connectivity index (χ0) is 20.9. The van der Waals surface area contributed by atoms with Gasteiger partial charge >= 0.3 is 0 Å². The summed E-state index contributed by atoms with van der Waals surface area (Å²) in [5, 5.41) is 1.56. The Labute approximate surface area is 177 Å². The molecule has 0 spiro atoms. The van der Waals surface area contributed by atoms with Gasteiger partial charge in [0.25, 0.3) is 5.56 Å². The number of piperidine rings is 1. The van der Waals surface area contributed by atoms with Crippen LogP contribution in [0.1, 0.15) is 31.2 Å². The first kappa shape index (κ1) is 20.5. The molecule has 1 fully saturated rings. The molecule has 4 rings (SSSR count). The smallest absolute Gasteiger partial charge is 0.256 e. The van der Waals surface area contributed by atoms with Gasteiger partial charge in [0.15, 0.2) is 5.75 Å².